The number of amides is 2. The topological polar surface area (TPSA) is 71.3 Å². The molecule has 0 aliphatic heterocycles. The van der Waals surface area contributed by atoms with Gasteiger partial charge in [-0.1, -0.05) is 36.4 Å². The Morgan fingerprint density at radius 1 is 0.870 bits per heavy atom. The third-order valence-electron chi connectivity index (χ3n) is 3.61. The van der Waals surface area contributed by atoms with Gasteiger partial charge in [0.25, 0.3) is 11.8 Å². The Kier molecular flexibility index (Phi) is 3.85. The highest BCUT2D eigenvalue weighted by Gasteiger charge is 2.15. The molecule has 0 saturated carbocycles. The maximum absolute atomic E-state index is 12.3. The number of rotatable bonds is 2. The van der Waals surface area contributed by atoms with Crippen molar-refractivity contribution in [1.82, 2.24) is 10.9 Å². The zero-order valence-corrected chi connectivity index (χ0v) is 12.8. The molecule has 0 bridgehead atoms. The molecule has 0 atom stereocenters. The summed E-state index contributed by atoms with van der Waals surface area (Å²) in [5.41, 5.74) is 5.77. The van der Waals surface area contributed by atoms with Gasteiger partial charge in [0.05, 0.1) is 5.56 Å². The SMILES string of the molecule is Cc1cc(C(=O)NNC(=O)c2cccc3ccccc23)c(C)o1. The van der Waals surface area contributed by atoms with Crippen LogP contribution in [0.25, 0.3) is 10.8 Å². The third kappa shape index (κ3) is 2.94. The van der Waals surface area contributed by atoms with Crippen LogP contribution >= 0.6 is 0 Å². The van der Waals surface area contributed by atoms with E-state index in [9.17, 15) is 9.59 Å². The molecule has 0 aliphatic carbocycles. The van der Waals surface area contributed by atoms with Crippen molar-refractivity contribution in [3.63, 3.8) is 0 Å². The minimum atomic E-state index is -0.409. The molecule has 3 rings (SSSR count). The molecule has 0 spiro atoms. The molecular formula is C18H16N2O3. The van der Waals surface area contributed by atoms with E-state index in [0.717, 1.165) is 10.8 Å². The Labute approximate surface area is 133 Å². The largest absolute Gasteiger partial charge is 0.466 e. The zero-order chi connectivity index (χ0) is 16.4. The zero-order valence-electron chi connectivity index (χ0n) is 12.8. The van der Waals surface area contributed by atoms with Crippen molar-refractivity contribution in [3.8, 4) is 0 Å². The molecule has 0 radical (unpaired) electrons. The van der Waals surface area contributed by atoms with E-state index < -0.39 is 5.91 Å². The van der Waals surface area contributed by atoms with Gasteiger partial charge >= 0.3 is 0 Å². The number of aryl methyl sites for hydroxylation is 2. The van der Waals surface area contributed by atoms with Crippen molar-refractivity contribution in [3.05, 3.63) is 71.2 Å². The summed E-state index contributed by atoms with van der Waals surface area (Å²) in [6.07, 6.45) is 0. The van der Waals surface area contributed by atoms with Gasteiger partial charge in [-0.15, -0.1) is 0 Å². The second-order valence-corrected chi connectivity index (χ2v) is 5.26. The van der Waals surface area contributed by atoms with E-state index in [-0.39, 0.29) is 5.91 Å². The van der Waals surface area contributed by atoms with E-state index in [1.165, 1.54) is 0 Å². The van der Waals surface area contributed by atoms with Crippen molar-refractivity contribution >= 4 is 22.6 Å². The minimum Gasteiger partial charge on any atom is -0.466 e. The summed E-state index contributed by atoms with van der Waals surface area (Å²) in [4.78, 5) is 24.4. The quantitative estimate of drug-likeness (QED) is 0.715. The Bertz CT molecular complexity index is 891. The van der Waals surface area contributed by atoms with Gasteiger partial charge < -0.3 is 4.42 Å². The Morgan fingerprint density at radius 3 is 2.22 bits per heavy atom. The highest BCUT2D eigenvalue weighted by Crippen LogP contribution is 2.18. The van der Waals surface area contributed by atoms with Crippen LogP contribution in [0.4, 0.5) is 0 Å². The summed E-state index contributed by atoms with van der Waals surface area (Å²) in [5.74, 6) is 0.383. The predicted octanol–water partition coefficient (Wildman–Crippen LogP) is 3.12. The smallest absolute Gasteiger partial charge is 0.273 e. The molecule has 5 nitrogen and oxygen atoms in total. The Hall–Kier alpha value is -3.08. The number of carbonyl (C=O) groups excluding carboxylic acids is 2. The molecule has 116 valence electrons. The van der Waals surface area contributed by atoms with Crippen LogP contribution < -0.4 is 10.9 Å². The van der Waals surface area contributed by atoms with Crippen molar-refractivity contribution in [1.29, 1.82) is 0 Å². The second-order valence-electron chi connectivity index (χ2n) is 5.26. The lowest BCUT2D eigenvalue weighted by Crippen LogP contribution is -2.41. The fourth-order valence-corrected chi connectivity index (χ4v) is 2.53. The molecule has 0 fully saturated rings. The molecule has 0 unspecified atom stereocenters. The number of hydrogen-bond donors (Lipinski definition) is 2. The fourth-order valence-electron chi connectivity index (χ4n) is 2.53. The average molecular weight is 308 g/mol. The number of nitrogens with one attached hydrogen (secondary N) is 2. The Morgan fingerprint density at radius 2 is 1.52 bits per heavy atom. The standard InChI is InChI=1S/C18H16N2O3/c1-11-10-16(12(2)23-11)18(22)20-19-17(21)15-9-5-7-13-6-3-4-8-14(13)15/h3-10H,1-2H3,(H,19,21)(H,20,22). The first-order valence-corrected chi connectivity index (χ1v) is 7.22. The van der Waals surface area contributed by atoms with Crippen LogP contribution in [-0.2, 0) is 0 Å². The summed E-state index contributed by atoms with van der Waals surface area (Å²) < 4.78 is 5.31. The summed E-state index contributed by atoms with van der Waals surface area (Å²) in [6.45, 7) is 3.47. The van der Waals surface area contributed by atoms with Gasteiger partial charge in [-0.05, 0) is 36.8 Å². The molecule has 1 heterocycles. The first-order chi connectivity index (χ1) is 11.1. The molecule has 3 aromatic rings. The van der Waals surface area contributed by atoms with Crippen molar-refractivity contribution in [2.24, 2.45) is 0 Å². The van der Waals surface area contributed by atoms with E-state index in [1.54, 1.807) is 26.0 Å². The molecule has 0 saturated heterocycles. The van der Waals surface area contributed by atoms with Crippen molar-refractivity contribution < 1.29 is 14.0 Å². The van der Waals surface area contributed by atoms with E-state index in [1.807, 2.05) is 36.4 Å². The van der Waals surface area contributed by atoms with Crippen LogP contribution in [0.5, 0.6) is 0 Å². The average Bonchev–Trinajstić information content (AvgIpc) is 2.90. The monoisotopic (exact) mass is 308 g/mol. The highest BCUT2D eigenvalue weighted by molar-refractivity contribution is 6.08. The van der Waals surface area contributed by atoms with Crippen LogP contribution in [0.1, 0.15) is 32.2 Å². The van der Waals surface area contributed by atoms with Crippen molar-refractivity contribution in [2.45, 2.75) is 13.8 Å². The van der Waals surface area contributed by atoms with Crippen LogP contribution in [0, 0.1) is 13.8 Å². The van der Waals surface area contributed by atoms with Gasteiger partial charge in [-0.3, -0.25) is 20.4 Å². The number of furan rings is 1. The van der Waals surface area contributed by atoms with Gasteiger partial charge in [-0.2, -0.15) is 0 Å². The lowest BCUT2D eigenvalue weighted by atomic mass is 10.0. The van der Waals surface area contributed by atoms with Crippen LogP contribution in [0.3, 0.4) is 0 Å². The molecule has 2 aromatic carbocycles. The lowest BCUT2D eigenvalue weighted by Gasteiger charge is -2.09. The van der Waals surface area contributed by atoms with Gasteiger partial charge in [0.15, 0.2) is 0 Å². The molecule has 2 amide bonds. The Balaban J connectivity index is 1.76. The minimum absolute atomic E-state index is 0.368. The number of hydrazine groups is 1. The predicted molar refractivity (Wildman–Crippen MR) is 87.1 cm³/mol. The molecule has 0 aliphatic rings. The maximum atomic E-state index is 12.3. The highest BCUT2D eigenvalue weighted by atomic mass is 16.3. The molecular weight excluding hydrogens is 292 g/mol. The second kappa shape index (κ2) is 5.96. The molecule has 5 heteroatoms. The number of fused-ring (bicyclic) bond motifs is 1. The fraction of sp³-hybridized carbons (Fsp3) is 0.111. The number of carbonyl (C=O) groups is 2. The van der Waals surface area contributed by atoms with E-state index in [0.29, 0.717) is 22.6 Å². The van der Waals surface area contributed by atoms with Gasteiger partial charge in [0.2, 0.25) is 0 Å². The molecule has 1 aromatic heterocycles. The first kappa shape index (κ1) is 14.8. The van der Waals surface area contributed by atoms with Gasteiger partial charge in [0.1, 0.15) is 11.5 Å². The third-order valence-corrected chi connectivity index (χ3v) is 3.61. The normalized spacial score (nSPS) is 10.5. The number of hydrogen-bond acceptors (Lipinski definition) is 3. The van der Waals surface area contributed by atoms with Gasteiger partial charge in [-0.25, -0.2) is 0 Å². The van der Waals surface area contributed by atoms with Crippen LogP contribution in [-0.4, -0.2) is 11.8 Å². The van der Waals surface area contributed by atoms with E-state index >= 15 is 0 Å². The summed E-state index contributed by atoms with van der Waals surface area (Å²) in [5, 5.41) is 1.80. The summed E-state index contributed by atoms with van der Waals surface area (Å²) in [7, 11) is 0. The van der Waals surface area contributed by atoms with Crippen molar-refractivity contribution in [2.75, 3.05) is 0 Å². The first-order valence-electron chi connectivity index (χ1n) is 7.22. The van der Waals surface area contributed by atoms with Crippen LogP contribution in [0.2, 0.25) is 0 Å². The summed E-state index contributed by atoms with van der Waals surface area (Å²) >= 11 is 0. The lowest BCUT2D eigenvalue weighted by molar-refractivity contribution is 0.0846. The van der Waals surface area contributed by atoms with Gasteiger partial charge in [0, 0.05) is 5.56 Å². The summed E-state index contributed by atoms with van der Waals surface area (Å²) in [6, 6.07) is 14.7. The number of benzene rings is 2. The molecule has 2 N–H and O–H groups in total. The van der Waals surface area contributed by atoms with Crippen LogP contribution in [0.15, 0.2) is 52.9 Å². The van der Waals surface area contributed by atoms with E-state index in [4.69, 9.17) is 4.42 Å². The van der Waals surface area contributed by atoms with E-state index in [2.05, 4.69) is 10.9 Å². The molecule has 23 heavy (non-hydrogen) atoms. The maximum Gasteiger partial charge on any atom is 0.273 e.